The molecule has 3 nitrogen and oxygen atoms in total. The molecule has 0 radical (unpaired) electrons. The molecule has 2 fully saturated rings. The highest BCUT2D eigenvalue weighted by Gasteiger charge is 2.44. The summed E-state index contributed by atoms with van der Waals surface area (Å²) in [6, 6.07) is 10.3. The normalized spacial score (nSPS) is 23.7. The van der Waals surface area contributed by atoms with Crippen LogP contribution in [0.15, 0.2) is 30.3 Å². The molecule has 0 aliphatic carbocycles. The monoisotopic (exact) mass is 342 g/mol. The van der Waals surface area contributed by atoms with E-state index >= 15 is 0 Å². The highest BCUT2D eigenvalue weighted by atomic mass is 19.4. The van der Waals surface area contributed by atoms with Gasteiger partial charge in [-0.15, -0.1) is 0 Å². The first kappa shape index (κ1) is 17.7. The molecule has 1 atom stereocenters. The molecule has 1 spiro atoms. The van der Waals surface area contributed by atoms with Crippen molar-refractivity contribution in [1.82, 2.24) is 9.80 Å². The van der Waals surface area contributed by atoms with Crippen LogP contribution in [0.3, 0.4) is 0 Å². The molecular weight excluding hydrogens is 317 g/mol. The maximum atomic E-state index is 12.5. The van der Waals surface area contributed by atoms with Crippen LogP contribution in [0.4, 0.5) is 13.2 Å². The molecule has 0 bridgehead atoms. The lowest BCUT2D eigenvalue weighted by Crippen LogP contribution is -2.43. The second kappa shape index (κ2) is 7.02. The minimum atomic E-state index is -4.52. The van der Waals surface area contributed by atoms with Crippen LogP contribution in [-0.4, -0.2) is 59.9 Å². The van der Waals surface area contributed by atoms with Gasteiger partial charge in [0.15, 0.2) is 6.10 Å². The topological polar surface area (TPSA) is 26.7 Å². The molecule has 134 valence electrons. The molecule has 0 saturated carbocycles. The third-order valence-corrected chi connectivity index (χ3v) is 5.49. The molecule has 2 aliphatic rings. The van der Waals surface area contributed by atoms with Gasteiger partial charge in [-0.05, 0) is 49.9 Å². The Morgan fingerprint density at radius 1 is 1.00 bits per heavy atom. The number of hydrogen-bond acceptors (Lipinski definition) is 3. The van der Waals surface area contributed by atoms with Gasteiger partial charge >= 0.3 is 6.18 Å². The van der Waals surface area contributed by atoms with Crippen LogP contribution in [0.1, 0.15) is 24.8 Å². The Hall–Kier alpha value is -1.11. The Kier molecular flexibility index (Phi) is 5.18. The van der Waals surface area contributed by atoms with E-state index in [-0.39, 0.29) is 12.0 Å². The molecule has 1 aromatic carbocycles. The predicted octanol–water partition coefficient (Wildman–Crippen LogP) is 2.90. The van der Waals surface area contributed by atoms with Crippen molar-refractivity contribution in [3.8, 4) is 0 Å². The molecule has 1 aromatic rings. The lowest BCUT2D eigenvalue weighted by atomic mass is 9.77. The summed E-state index contributed by atoms with van der Waals surface area (Å²) in [5.74, 6) is 0. The highest BCUT2D eigenvalue weighted by molar-refractivity contribution is 5.14. The zero-order valence-electron chi connectivity index (χ0n) is 13.8. The fourth-order valence-electron chi connectivity index (χ4n) is 3.97. The molecular formula is C18H25F3N2O. The Morgan fingerprint density at radius 3 is 2.17 bits per heavy atom. The van der Waals surface area contributed by atoms with E-state index in [1.165, 1.54) is 5.56 Å². The number of likely N-dealkylation sites (tertiary alicyclic amines) is 2. The van der Waals surface area contributed by atoms with Crippen LogP contribution in [-0.2, 0) is 6.54 Å². The number of benzene rings is 1. The van der Waals surface area contributed by atoms with Crippen molar-refractivity contribution >= 4 is 0 Å². The maximum Gasteiger partial charge on any atom is 0.415 e. The zero-order chi connectivity index (χ0) is 17.2. The summed E-state index contributed by atoms with van der Waals surface area (Å²) in [4.78, 5) is 4.21. The molecule has 2 saturated heterocycles. The van der Waals surface area contributed by atoms with Gasteiger partial charge in [0, 0.05) is 19.6 Å². The lowest BCUT2D eigenvalue weighted by Gasteiger charge is -2.39. The second-order valence-corrected chi connectivity index (χ2v) is 7.30. The number of nitrogens with zero attached hydrogens (tertiary/aromatic N) is 2. The van der Waals surface area contributed by atoms with Gasteiger partial charge in [-0.25, -0.2) is 0 Å². The van der Waals surface area contributed by atoms with Gasteiger partial charge in [0.1, 0.15) is 0 Å². The first-order chi connectivity index (χ1) is 11.4. The summed E-state index contributed by atoms with van der Waals surface area (Å²) >= 11 is 0. The molecule has 0 amide bonds. The van der Waals surface area contributed by atoms with E-state index in [4.69, 9.17) is 0 Å². The van der Waals surface area contributed by atoms with Crippen molar-refractivity contribution in [2.24, 2.45) is 5.41 Å². The summed E-state index contributed by atoms with van der Waals surface area (Å²) in [7, 11) is 0. The van der Waals surface area contributed by atoms with E-state index in [1.54, 1.807) is 4.90 Å². The van der Waals surface area contributed by atoms with E-state index in [9.17, 15) is 18.3 Å². The highest BCUT2D eigenvalue weighted by Crippen LogP contribution is 2.41. The van der Waals surface area contributed by atoms with Crippen LogP contribution in [0.25, 0.3) is 0 Å². The van der Waals surface area contributed by atoms with E-state index in [0.717, 1.165) is 38.9 Å². The van der Waals surface area contributed by atoms with Crippen molar-refractivity contribution in [2.45, 2.75) is 38.1 Å². The zero-order valence-corrected chi connectivity index (χ0v) is 13.8. The van der Waals surface area contributed by atoms with Crippen molar-refractivity contribution < 1.29 is 18.3 Å². The Labute approximate surface area is 141 Å². The first-order valence-corrected chi connectivity index (χ1v) is 8.60. The van der Waals surface area contributed by atoms with E-state index in [1.807, 2.05) is 18.2 Å². The van der Waals surface area contributed by atoms with Gasteiger partial charge in [-0.2, -0.15) is 13.2 Å². The smallest absolute Gasteiger partial charge is 0.382 e. The number of β-amino-alcohol motifs (C(OH)–C–C–N with tert-alkyl or cyclic N) is 1. The summed E-state index contributed by atoms with van der Waals surface area (Å²) in [5, 5.41) is 9.26. The number of piperidine rings is 1. The number of halogens is 3. The van der Waals surface area contributed by atoms with Crippen LogP contribution in [0.2, 0.25) is 0 Å². The number of aliphatic hydroxyl groups is 1. The van der Waals surface area contributed by atoms with Crippen LogP contribution in [0.5, 0.6) is 0 Å². The summed E-state index contributed by atoms with van der Waals surface area (Å²) in [6.45, 7) is 3.96. The fraction of sp³-hybridized carbons (Fsp3) is 0.667. The molecule has 3 rings (SSSR count). The number of hydrogen-bond donors (Lipinski definition) is 1. The molecule has 0 unspecified atom stereocenters. The van der Waals surface area contributed by atoms with Gasteiger partial charge in [0.25, 0.3) is 0 Å². The second-order valence-electron chi connectivity index (χ2n) is 7.30. The average molecular weight is 342 g/mol. The Bertz CT molecular complexity index is 527. The van der Waals surface area contributed by atoms with Gasteiger partial charge in [-0.1, -0.05) is 30.3 Å². The van der Waals surface area contributed by atoms with Crippen LogP contribution >= 0.6 is 0 Å². The van der Waals surface area contributed by atoms with Gasteiger partial charge in [-0.3, -0.25) is 9.80 Å². The average Bonchev–Trinajstić information content (AvgIpc) is 2.93. The van der Waals surface area contributed by atoms with Crippen LogP contribution < -0.4 is 0 Å². The minimum absolute atomic E-state index is 0.137. The summed E-state index contributed by atoms with van der Waals surface area (Å²) in [5.41, 5.74) is 1.44. The molecule has 2 heterocycles. The standard InChI is InChI=1S/C18H25F3N2O/c19-18(20,21)16(24)13-23-11-8-17(14-23)6-9-22(10-7-17)12-15-4-2-1-3-5-15/h1-5,16,24H,6-14H2/t16-/m0/s1. The van der Waals surface area contributed by atoms with Gasteiger partial charge < -0.3 is 5.11 Å². The predicted molar refractivity (Wildman–Crippen MR) is 86.5 cm³/mol. The number of aliphatic hydroxyl groups excluding tert-OH is 1. The minimum Gasteiger partial charge on any atom is -0.382 e. The SMILES string of the molecule is O[C@@H](CN1CCC2(CCN(Cc3ccccc3)CC2)C1)C(F)(F)F. The van der Waals surface area contributed by atoms with Gasteiger partial charge in [0.2, 0.25) is 0 Å². The number of rotatable bonds is 4. The Morgan fingerprint density at radius 2 is 1.58 bits per heavy atom. The third-order valence-electron chi connectivity index (χ3n) is 5.49. The quantitative estimate of drug-likeness (QED) is 0.911. The Balaban J connectivity index is 1.48. The van der Waals surface area contributed by atoms with Gasteiger partial charge in [0.05, 0.1) is 0 Å². The van der Waals surface area contributed by atoms with Crippen molar-refractivity contribution in [2.75, 3.05) is 32.7 Å². The molecule has 24 heavy (non-hydrogen) atoms. The summed E-state index contributed by atoms with van der Waals surface area (Å²) in [6.07, 6.45) is -3.76. The van der Waals surface area contributed by atoms with E-state index < -0.39 is 12.3 Å². The first-order valence-electron chi connectivity index (χ1n) is 8.60. The number of alkyl halides is 3. The van der Waals surface area contributed by atoms with Crippen molar-refractivity contribution in [3.05, 3.63) is 35.9 Å². The van der Waals surface area contributed by atoms with E-state index in [0.29, 0.717) is 13.1 Å². The molecule has 0 aromatic heterocycles. The molecule has 1 N–H and O–H groups in total. The third kappa shape index (κ3) is 4.29. The maximum absolute atomic E-state index is 12.5. The molecule has 6 heteroatoms. The fourth-order valence-corrected chi connectivity index (χ4v) is 3.97. The van der Waals surface area contributed by atoms with Crippen molar-refractivity contribution in [3.63, 3.8) is 0 Å². The molecule has 2 aliphatic heterocycles. The van der Waals surface area contributed by atoms with Crippen LogP contribution in [0, 0.1) is 5.41 Å². The lowest BCUT2D eigenvalue weighted by molar-refractivity contribution is -0.207. The van der Waals surface area contributed by atoms with Crippen molar-refractivity contribution in [1.29, 1.82) is 0 Å². The van der Waals surface area contributed by atoms with E-state index in [2.05, 4.69) is 17.0 Å². The largest absolute Gasteiger partial charge is 0.415 e. The summed E-state index contributed by atoms with van der Waals surface area (Å²) < 4.78 is 37.5.